The molecule has 0 spiro atoms. The Morgan fingerprint density at radius 1 is 0.390 bits per heavy atom. The van der Waals surface area contributed by atoms with Crippen LogP contribution < -0.4 is 0 Å². The fourth-order valence-electron chi connectivity index (χ4n) is 6.55. The van der Waals surface area contributed by atoms with Crippen LogP contribution in [-0.4, -0.2) is 4.98 Å². The number of fused-ring (bicyclic) bond motifs is 11. The summed E-state index contributed by atoms with van der Waals surface area (Å²) < 4.78 is 1.26. The number of benzene rings is 7. The van der Waals surface area contributed by atoms with E-state index < -0.39 is 0 Å². The van der Waals surface area contributed by atoms with E-state index in [0.29, 0.717) is 0 Å². The molecule has 7 aromatic rings. The first-order valence-electron chi connectivity index (χ1n) is 14.0. The van der Waals surface area contributed by atoms with Gasteiger partial charge < -0.3 is 0 Å². The lowest BCUT2D eigenvalue weighted by molar-refractivity contribution is 1.49. The Kier molecular flexibility index (Phi) is 4.84. The number of para-hydroxylation sites is 1. The molecule has 0 fully saturated rings. The normalized spacial score (nSPS) is 11.9. The molecule has 2 aliphatic heterocycles. The Morgan fingerprint density at radius 3 is 1.71 bits per heavy atom. The number of rotatable bonds is 2. The lowest BCUT2D eigenvalue weighted by Gasteiger charge is -2.14. The zero-order valence-electron chi connectivity index (χ0n) is 22.1. The van der Waals surface area contributed by atoms with Crippen molar-refractivity contribution in [2.75, 3.05) is 0 Å². The van der Waals surface area contributed by atoms with Crippen LogP contribution in [-0.2, 0) is 0 Å². The standard InChI is InChI=1S/C39H23NS/c1-2-14-29-27(12-1)28-13-3-4-15-30(28)34-23-25(20-21-31(29)34)24-10-9-11-26(22-24)39-37-32-16-5-7-18-35(32)40-38(37)33-17-6-8-19-36(33)41-39/h1-23H. The molecule has 0 N–H and O–H groups in total. The quantitative estimate of drug-likeness (QED) is 0.200. The highest BCUT2D eigenvalue weighted by Crippen LogP contribution is 2.47. The molecule has 0 saturated heterocycles. The number of hydrogen-bond acceptors (Lipinski definition) is 2. The van der Waals surface area contributed by atoms with Crippen molar-refractivity contribution in [3.05, 3.63) is 140 Å². The maximum absolute atomic E-state index is 5.10. The van der Waals surface area contributed by atoms with E-state index in [1.165, 1.54) is 74.9 Å². The van der Waals surface area contributed by atoms with E-state index in [9.17, 15) is 0 Å². The molecule has 0 radical (unpaired) electrons. The van der Waals surface area contributed by atoms with Crippen LogP contribution in [0.2, 0.25) is 0 Å². The Morgan fingerprint density at radius 2 is 0.951 bits per heavy atom. The van der Waals surface area contributed by atoms with Gasteiger partial charge in [-0.1, -0.05) is 115 Å². The maximum atomic E-state index is 5.10. The van der Waals surface area contributed by atoms with Crippen LogP contribution in [0.5, 0.6) is 0 Å². The summed E-state index contributed by atoms with van der Waals surface area (Å²) >= 11 is 1.86. The average Bonchev–Trinajstić information content (AvgIpc) is 3.44. The molecule has 7 aromatic carbocycles. The van der Waals surface area contributed by atoms with E-state index in [1.807, 2.05) is 11.3 Å². The highest BCUT2D eigenvalue weighted by atomic mass is 32.1. The van der Waals surface area contributed by atoms with E-state index >= 15 is 0 Å². The summed E-state index contributed by atoms with van der Waals surface area (Å²) in [5, 5.41) is 10.2. The van der Waals surface area contributed by atoms with Crippen molar-refractivity contribution in [1.82, 2.24) is 4.98 Å². The lowest BCUT2D eigenvalue weighted by atomic mass is 9.91. The Hall–Kier alpha value is -5.05. The fraction of sp³-hybridized carbons (Fsp3) is 0. The molecule has 0 aliphatic carbocycles. The Balaban J connectivity index is 1.29. The van der Waals surface area contributed by atoms with Crippen molar-refractivity contribution in [1.29, 1.82) is 0 Å². The van der Waals surface area contributed by atoms with E-state index in [2.05, 4.69) is 140 Å². The monoisotopic (exact) mass is 537 g/mol. The van der Waals surface area contributed by atoms with Crippen LogP contribution in [0, 0.1) is 0 Å². The number of hydrogen-bond donors (Lipinski definition) is 0. The van der Waals surface area contributed by atoms with Crippen molar-refractivity contribution in [2.45, 2.75) is 0 Å². The second kappa shape index (κ2) is 8.72. The Labute approximate surface area is 241 Å². The summed E-state index contributed by atoms with van der Waals surface area (Å²) in [5.41, 5.74) is 7.07. The van der Waals surface area contributed by atoms with Gasteiger partial charge in [-0.25, -0.2) is 4.98 Å². The third-order valence-electron chi connectivity index (χ3n) is 8.43. The van der Waals surface area contributed by atoms with Gasteiger partial charge in [0, 0.05) is 25.9 Å². The number of aromatic nitrogens is 1. The molecule has 41 heavy (non-hydrogen) atoms. The summed E-state index contributed by atoms with van der Waals surface area (Å²) in [6.45, 7) is 0. The zero-order chi connectivity index (χ0) is 26.9. The van der Waals surface area contributed by atoms with Crippen molar-refractivity contribution in [3.8, 4) is 32.8 Å². The highest BCUT2D eigenvalue weighted by molar-refractivity contribution is 7.22. The van der Waals surface area contributed by atoms with Crippen LogP contribution in [0.3, 0.4) is 0 Å². The second-order valence-electron chi connectivity index (χ2n) is 10.7. The molecular formula is C39H23NS. The largest absolute Gasteiger partial charge is 0.247 e. The smallest absolute Gasteiger partial charge is 0.0817 e. The molecule has 9 rings (SSSR count). The van der Waals surface area contributed by atoms with Crippen molar-refractivity contribution in [2.24, 2.45) is 0 Å². The first kappa shape index (κ1) is 22.7. The van der Waals surface area contributed by atoms with Crippen molar-refractivity contribution >= 4 is 64.6 Å². The predicted octanol–water partition coefficient (Wildman–Crippen LogP) is 11.3. The van der Waals surface area contributed by atoms with E-state index in [-0.39, 0.29) is 0 Å². The van der Waals surface area contributed by atoms with Crippen molar-refractivity contribution < 1.29 is 0 Å². The molecule has 2 heterocycles. The molecule has 0 atom stereocenters. The molecule has 1 nitrogen and oxygen atoms in total. The summed E-state index contributed by atoms with van der Waals surface area (Å²) in [6, 6.07) is 50.7. The van der Waals surface area contributed by atoms with Gasteiger partial charge >= 0.3 is 0 Å². The molecular weight excluding hydrogens is 515 g/mol. The van der Waals surface area contributed by atoms with Gasteiger partial charge in [0.25, 0.3) is 0 Å². The van der Waals surface area contributed by atoms with Gasteiger partial charge in [-0.15, -0.1) is 11.3 Å². The van der Waals surface area contributed by atoms with Crippen LogP contribution in [0.1, 0.15) is 0 Å². The maximum Gasteiger partial charge on any atom is 0.0817 e. The van der Waals surface area contributed by atoms with Gasteiger partial charge in [0.05, 0.1) is 11.2 Å². The van der Waals surface area contributed by atoms with E-state index in [0.717, 1.165) is 11.2 Å². The molecule has 190 valence electrons. The lowest BCUT2D eigenvalue weighted by Crippen LogP contribution is -1.87. The van der Waals surface area contributed by atoms with Crippen LogP contribution >= 0.6 is 11.3 Å². The Bertz CT molecular complexity index is 2400. The van der Waals surface area contributed by atoms with Gasteiger partial charge in [-0.05, 0) is 73.3 Å². The first-order chi connectivity index (χ1) is 20.3. The van der Waals surface area contributed by atoms with Crippen molar-refractivity contribution in [3.63, 3.8) is 0 Å². The molecule has 0 unspecified atom stereocenters. The molecule has 2 aliphatic rings. The molecule has 0 amide bonds. The molecule has 0 aromatic heterocycles. The third-order valence-corrected chi connectivity index (χ3v) is 9.65. The summed E-state index contributed by atoms with van der Waals surface area (Å²) in [5.74, 6) is 0. The summed E-state index contributed by atoms with van der Waals surface area (Å²) in [7, 11) is 0. The van der Waals surface area contributed by atoms with E-state index in [1.54, 1.807) is 0 Å². The molecule has 0 bridgehead atoms. The summed E-state index contributed by atoms with van der Waals surface area (Å²) in [6.07, 6.45) is 0. The highest BCUT2D eigenvalue weighted by Gasteiger charge is 2.21. The predicted molar refractivity (Wildman–Crippen MR) is 177 cm³/mol. The summed E-state index contributed by atoms with van der Waals surface area (Å²) in [4.78, 5) is 6.37. The molecule has 2 heteroatoms. The minimum absolute atomic E-state index is 1.05. The van der Waals surface area contributed by atoms with Crippen LogP contribution in [0.4, 0.5) is 0 Å². The third kappa shape index (κ3) is 3.38. The zero-order valence-corrected chi connectivity index (χ0v) is 23.0. The first-order valence-corrected chi connectivity index (χ1v) is 14.8. The van der Waals surface area contributed by atoms with Gasteiger partial charge in [-0.3, -0.25) is 0 Å². The van der Waals surface area contributed by atoms with Crippen LogP contribution in [0.15, 0.2) is 140 Å². The average molecular weight is 538 g/mol. The van der Waals surface area contributed by atoms with Gasteiger partial charge in [0.1, 0.15) is 0 Å². The van der Waals surface area contributed by atoms with Crippen LogP contribution in [0.25, 0.3) is 86.1 Å². The fourth-order valence-corrected chi connectivity index (χ4v) is 7.75. The SMILES string of the molecule is c1cc(-c2ccc3c4ccccc4c4ccccc4c3c2)cc(-c2sc3ccccc3c3nc4ccccc4c2-3)c1. The minimum Gasteiger partial charge on any atom is -0.247 e. The van der Waals surface area contributed by atoms with Gasteiger partial charge in [-0.2, -0.15) is 0 Å². The van der Waals surface area contributed by atoms with Gasteiger partial charge in [0.2, 0.25) is 0 Å². The van der Waals surface area contributed by atoms with Gasteiger partial charge in [0.15, 0.2) is 0 Å². The number of nitrogens with zero attached hydrogens (tertiary/aromatic N) is 1. The topological polar surface area (TPSA) is 12.9 Å². The minimum atomic E-state index is 1.05. The second-order valence-corrected chi connectivity index (χ2v) is 11.8. The molecule has 0 saturated carbocycles. The van der Waals surface area contributed by atoms with E-state index in [4.69, 9.17) is 4.98 Å².